The van der Waals surface area contributed by atoms with Crippen molar-refractivity contribution in [1.29, 1.82) is 0 Å². The van der Waals surface area contributed by atoms with Gasteiger partial charge in [0, 0.05) is 0 Å². The van der Waals surface area contributed by atoms with Crippen molar-refractivity contribution in [2.75, 3.05) is 31.3 Å². The van der Waals surface area contributed by atoms with Gasteiger partial charge in [0.2, 0.25) is 0 Å². The summed E-state index contributed by atoms with van der Waals surface area (Å²) in [5.74, 6) is 0.360. The number of fused-ring (bicyclic) bond motifs is 6. The van der Waals surface area contributed by atoms with E-state index in [-0.39, 0.29) is 56.3 Å². The number of nitrogens with one attached hydrogen (secondary N) is 10. The molecule has 0 aliphatic carbocycles. The van der Waals surface area contributed by atoms with E-state index in [4.69, 9.17) is 45.7 Å². The second-order valence-corrected chi connectivity index (χ2v) is 20.9. The highest BCUT2D eigenvalue weighted by molar-refractivity contribution is 7.46. The average molecular weight is 1340 g/mol. The van der Waals surface area contributed by atoms with Gasteiger partial charge in [0.1, 0.15) is 95.3 Å². The van der Waals surface area contributed by atoms with E-state index in [9.17, 15) is 68.8 Å². The molecule has 3 aliphatic rings. The summed E-state index contributed by atoms with van der Waals surface area (Å²) >= 11 is 0. The SMILES string of the molecule is Nc1ncnc2c1ncn2[C@@H]1O[C@H](CO)[C@@H](O)[C@H]1O.Nc1ncnc2c1ncn2[C@@H]1O[C@H](COP(=O)(O)O)[C@@H](O)[C@H]1O.O=c1[nH]c(=O)c2[nH]c(=O)[nH]c2[nH]1.O=c1[nH]c(=O)c2[nH]cnc2[nH]1.O=c1[nH]cnc2c1ncn2[C@@H]1O[C@H](CO)[C@@H](O)[C@H]1O.O=c1[nH]cnc2nc[nH]c12. The van der Waals surface area contributed by atoms with Crippen LogP contribution < -0.4 is 50.8 Å². The highest BCUT2D eigenvalue weighted by Gasteiger charge is 2.47. The minimum absolute atomic E-state index is 0.0413. The zero-order valence-corrected chi connectivity index (χ0v) is 47.9. The molecule has 0 radical (unpaired) electrons. The zero-order chi connectivity index (χ0) is 67.4. The van der Waals surface area contributed by atoms with Crippen molar-refractivity contribution in [2.24, 2.45) is 0 Å². The third kappa shape index (κ3) is 13.8. The number of anilines is 2. The van der Waals surface area contributed by atoms with Crippen LogP contribution in [0.25, 0.3) is 67.0 Å². The number of H-pyrrole nitrogens is 10. The lowest BCUT2D eigenvalue weighted by Crippen LogP contribution is -2.33. The number of nitrogens with two attached hydrogens (primary N) is 2. The molecular weight excluding hydrogens is 1290 g/mol. The topological polar surface area (TPSA) is 742 Å². The Balaban J connectivity index is 0.000000126. The maximum Gasteiger partial charge on any atom is 0.469 e. The summed E-state index contributed by atoms with van der Waals surface area (Å²) in [7, 11) is -4.72. The molecule has 94 heavy (non-hydrogen) atoms. The molecule has 498 valence electrons. The van der Waals surface area contributed by atoms with Gasteiger partial charge < -0.3 is 96.3 Å². The normalized spacial score (nSPS) is 23.3. The van der Waals surface area contributed by atoms with Gasteiger partial charge in [0.05, 0.1) is 64.1 Å². The number of nitrogens with zero attached hydrogens (tertiary/aromatic N) is 14. The Morgan fingerprint density at radius 2 is 0.883 bits per heavy atom. The summed E-state index contributed by atoms with van der Waals surface area (Å²) < 4.78 is 35.4. The van der Waals surface area contributed by atoms with Gasteiger partial charge in [-0.25, -0.2) is 73.8 Å². The van der Waals surface area contributed by atoms with E-state index in [0.717, 1.165) is 0 Å². The summed E-state index contributed by atoms with van der Waals surface area (Å²) in [4.78, 5) is 160. The molecule has 0 unspecified atom stereocenters. The average Bonchev–Trinajstić information content (AvgIpc) is 1.64. The van der Waals surface area contributed by atoms with Crippen molar-refractivity contribution in [3.63, 3.8) is 0 Å². The molecule has 3 fully saturated rings. The van der Waals surface area contributed by atoms with Gasteiger partial charge in [-0.05, 0) is 0 Å². The number of aliphatic hydroxyl groups is 8. The van der Waals surface area contributed by atoms with Crippen LogP contribution >= 0.6 is 7.82 Å². The Hall–Kier alpha value is -10.8. The monoisotopic (exact) mass is 1340 g/mol. The maximum absolute atomic E-state index is 11.5. The van der Waals surface area contributed by atoms with Gasteiger partial charge in [-0.3, -0.25) is 67.3 Å². The van der Waals surface area contributed by atoms with Gasteiger partial charge in [0.15, 0.2) is 69.6 Å². The molecule has 0 bridgehead atoms. The van der Waals surface area contributed by atoms with Crippen molar-refractivity contribution in [3.8, 4) is 0 Å². The van der Waals surface area contributed by atoms with Crippen LogP contribution in [0.1, 0.15) is 18.7 Å². The number of nitrogen functional groups attached to an aromatic ring is 2. The number of ether oxygens (including phenoxy) is 3. The first-order chi connectivity index (χ1) is 44.8. The lowest BCUT2D eigenvalue weighted by Gasteiger charge is -2.16. The molecule has 0 spiro atoms. The number of imidazole rings is 6. The fraction of sp³-hybridized carbons (Fsp3) is 0.333. The molecule has 12 aromatic heterocycles. The number of aromatic nitrogens is 24. The molecule has 0 saturated carbocycles. The van der Waals surface area contributed by atoms with Crippen LogP contribution in [-0.2, 0) is 23.3 Å². The Morgan fingerprint density at radius 1 is 0.457 bits per heavy atom. The number of hydrogen-bond donors (Lipinski definition) is 22. The van der Waals surface area contributed by atoms with Crippen LogP contribution in [0.2, 0.25) is 0 Å². The van der Waals surface area contributed by atoms with Crippen LogP contribution in [0.15, 0.2) is 90.5 Å². The number of hydrogen-bond acceptors (Lipinski definition) is 33. The molecule has 0 aromatic carbocycles. The lowest BCUT2D eigenvalue weighted by molar-refractivity contribution is -0.0511. The van der Waals surface area contributed by atoms with Crippen LogP contribution in [-0.4, -0.2) is 244 Å². The van der Waals surface area contributed by atoms with E-state index in [1.54, 1.807) is 0 Å². The first-order valence-electron chi connectivity index (χ1n) is 26.6. The number of phosphoric acid groups is 1. The summed E-state index contributed by atoms with van der Waals surface area (Å²) in [5, 5.41) is 77.4. The molecule has 48 nitrogen and oxygen atoms in total. The number of rotatable bonds is 8. The first kappa shape index (κ1) is 66.1. The Kier molecular flexibility index (Phi) is 19.4. The van der Waals surface area contributed by atoms with Gasteiger partial charge in [-0.15, -0.1) is 0 Å². The third-order valence-corrected chi connectivity index (χ3v) is 14.2. The second kappa shape index (κ2) is 27.6. The van der Waals surface area contributed by atoms with Crippen LogP contribution in [0.3, 0.4) is 0 Å². The van der Waals surface area contributed by atoms with E-state index >= 15 is 0 Å². The highest BCUT2D eigenvalue weighted by Crippen LogP contribution is 2.39. The quantitative estimate of drug-likeness (QED) is 0.0628. The van der Waals surface area contributed by atoms with E-state index in [1.807, 2.05) is 4.98 Å². The van der Waals surface area contributed by atoms with Crippen molar-refractivity contribution in [2.45, 2.75) is 73.6 Å². The summed E-state index contributed by atoms with van der Waals surface area (Å²) in [5.41, 5.74) is 11.2. The molecular formula is C45H51N26O22P. The van der Waals surface area contributed by atoms with Crippen LogP contribution in [0.4, 0.5) is 11.6 Å². The van der Waals surface area contributed by atoms with E-state index in [0.29, 0.717) is 27.8 Å². The molecule has 3 aliphatic heterocycles. The van der Waals surface area contributed by atoms with Gasteiger partial charge in [-0.2, -0.15) is 0 Å². The third-order valence-electron chi connectivity index (χ3n) is 13.7. The summed E-state index contributed by atoms with van der Waals surface area (Å²) in [6, 6.07) is 0. The minimum Gasteiger partial charge on any atom is -0.394 e. The van der Waals surface area contributed by atoms with Gasteiger partial charge in [-0.1, -0.05) is 0 Å². The minimum atomic E-state index is -4.72. The van der Waals surface area contributed by atoms with Gasteiger partial charge in [0.25, 0.3) is 22.2 Å². The van der Waals surface area contributed by atoms with Crippen LogP contribution in [0.5, 0.6) is 0 Å². The molecule has 12 aromatic rings. The van der Waals surface area contributed by atoms with E-state index in [2.05, 4.69) is 104 Å². The van der Waals surface area contributed by atoms with Crippen molar-refractivity contribution in [1.82, 2.24) is 118 Å². The van der Waals surface area contributed by atoms with E-state index in [1.165, 1.54) is 70.6 Å². The number of aliphatic hydroxyl groups excluding tert-OH is 8. The summed E-state index contributed by atoms with van der Waals surface area (Å²) in [6.07, 6.45) is -1.59. The van der Waals surface area contributed by atoms with Crippen molar-refractivity contribution >= 4 is 86.4 Å². The molecule has 49 heteroatoms. The fourth-order valence-corrected chi connectivity index (χ4v) is 9.59. The predicted molar refractivity (Wildman–Crippen MR) is 310 cm³/mol. The first-order valence-corrected chi connectivity index (χ1v) is 28.1. The maximum atomic E-state index is 11.5. The highest BCUT2D eigenvalue weighted by atomic mass is 31.2. The molecule has 3 saturated heterocycles. The molecule has 15 rings (SSSR count). The van der Waals surface area contributed by atoms with Crippen molar-refractivity contribution in [3.05, 3.63) is 130 Å². The summed E-state index contributed by atoms with van der Waals surface area (Å²) in [6.45, 7) is -1.41. The second-order valence-electron chi connectivity index (χ2n) is 19.6. The predicted octanol–water partition coefficient (Wildman–Crippen LogP) is -9.29. The fourth-order valence-electron chi connectivity index (χ4n) is 9.25. The molecule has 24 N–H and O–H groups in total. The molecule has 15 heterocycles. The molecule has 12 atom stereocenters. The standard InChI is InChI=1S/C10H14N5O7P.C10H13N5O4.C10H12N4O5.C5H4N4O3.C5H4N4O2.C5H4N4O/c11-8-5-9(13-2-12-8)15(3-14-5)10-7(17)6(16)4(22-10)1-21-23(18,19)20;11-8-5-9(13-2-12-8)15(3-14-5)10-7(18)6(17)4(1-16)19-10;15-1-4-6(16)7(17)10(19-4)14-3-13-5-8(14)11-2-12-9(5)18;10-3-1-2(7-4(11)6-1)8-5(12)9-3;10-4-2-3(7-1-6-2)8-5(11)9-4;10-5-3-4(7-1-6-3)8-2-9-5/h2-4,6-7,10,16-17H,1H2,(H2,11,12,13)(H2,18,19,20);2-4,6-7,10,16-18H,1H2,(H2,11,12,13);2-4,6-7,10,15-17H,1H2,(H,11,12,18);(H4,6,7,8,9,10,11,12);1H,(H3,6,7,8,9,10,11);1-2H,(H2,6,7,8,9,10)/t3*4-,6-,7-,10-;;;/m111.../s1. The smallest absolute Gasteiger partial charge is 0.394 e. The van der Waals surface area contributed by atoms with Gasteiger partial charge >= 0.3 is 24.9 Å². The lowest BCUT2D eigenvalue weighted by atomic mass is 10.1. The number of phosphoric ester groups is 1. The van der Waals surface area contributed by atoms with Crippen LogP contribution in [0, 0.1) is 0 Å². The Bertz CT molecular complexity index is 5120. The Morgan fingerprint density at radius 3 is 1.39 bits per heavy atom. The van der Waals surface area contributed by atoms with Crippen molar-refractivity contribution < 1.29 is 73.9 Å². The largest absolute Gasteiger partial charge is 0.469 e. The number of aromatic amines is 10. The zero-order valence-electron chi connectivity index (χ0n) is 47.0. The van der Waals surface area contributed by atoms with E-state index < -0.39 is 135 Å². The molecule has 0 amide bonds. The Labute approximate surface area is 512 Å².